The Morgan fingerprint density at radius 2 is 2.36 bits per heavy atom. The normalized spacial score (nSPS) is 34.1. The summed E-state index contributed by atoms with van der Waals surface area (Å²) < 4.78 is 13.0. The predicted molar refractivity (Wildman–Crippen MR) is 42.2 cm³/mol. The maximum Gasteiger partial charge on any atom is 0.115 e. The average molecular weight is 161 g/mol. The molecule has 0 amide bonds. The van der Waals surface area contributed by atoms with Crippen molar-refractivity contribution >= 4 is 0 Å². The van der Waals surface area contributed by atoms with E-state index in [9.17, 15) is 4.39 Å². The molecule has 2 atom stereocenters. The van der Waals surface area contributed by atoms with Gasteiger partial charge in [-0.3, -0.25) is 4.90 Å². The predicted octanol–water partition coefficient (Wildman–Crippen LogP) is 0.659. The number of aliphatic hydroxyl groups is 1. The number of rotatable bonds is 2. The molecule has 3 heteroatoms. The van der Waals surface area contributed by atoms with Gasteiger partial charge >= 0.3 is 0 Å². The number of likely N-dealkylation sites (tertiary alicyclic amines) is 1. The molecule has 0 bridgehead atoms. The van der Waals surface area contributed by atoms with Crippen LogP contribution in [0.3, 0.4) is 0 Å². The zero-order valence-corrected chi connectivity index (χ0v) is 6.96. The summed E-state index contributed by atoms with van der Waals surface area (Å²) in [5, 5.41) is 8.61. The summed E-state index contributed by atoms with van der Waals surface area (Å²) in [5.41, 5.74) is 0. The van der Waals surface area contributed by atoms with Crippen LogP contribution in [0.5, 0.6) is 0 Å². The zero-order valence-electron chi connectivity index (χ0n) is 6.96. The van der Waals surface area contributed by atoms with E-state index in [2.05, 4.69) is 0 Å². The van der Waals surface area contributed by atoms with Crippen molar-refractivity contribution in [3.63, 3.8) is 0 Å². The van der Waals surface area contributed by atoms with Crippen LogP contribution >= 0.6 is 0 Å². The number of aliphatic hydroxyl groups excluding tert-OH is 1. The second-order valence-electron chi connectivity index (χ2n) is 3.31. The molecule has 11 heavy (non-hydrogen) atoms. The summed E-state index contributed by atoms with van der Waals surface area (Å²) in [4.78, 5) is 1.98. The highest BCUT2D eigenvalue weighted by Gasteiger charge is 2.24. The fourth-order valence-corrected chi connectivity index (χ4v) is 1.43. The van der Waals surface area contributed by atoms with Crippen molar-refractivity contribution in [1.82, 2.24) is 4.90 Å². The summed E-state index contributed by atoms with van der Waals surface area (Å²) in [6, 6.07) is 0. The molecule has 0 saturated carbocycles. The first-order valence-corrected chi connectivity index (χ1v) is 4.21. The van der Waals surface area contributed by atoms with Gasteiger partial charge in [0.1, 0.15) is 6.17 Å². The van der Waals surface area contributed by atoms with Gasteiger partial charge in [-0.1, -0.05) is 6.92 Å². The second-order valence-corrected chi connectivity index (χ2v) is 3.31. The van der Waals surface area contributed by atoms with E-state index in [0.29, 0.717) is 13.1 Å². The van der Waals surface area contributed by atoms with Crippen LogP contribution in [0.1, 0.15) is 13.3 Å². The molecule has 0 aromatic rings. The Hall–Kier alpha value is -0.150. The van der Waals surface area contributed by atoms with Crippen LogP contribution in [0.4, 0.5) is 4.39 Å². The van der Waals surface area contributed by atoms with Gasteiger partial charge in [0.15, 0.2) is 0 Å². The Morgan fingerprint density at radius 1 is 1.64 bits per heavy atom. The standard InChI is InChI=1S/C8H16FNO/c1-7-2-3-10(4-5-11)6-8(7)9/h7-8,11H,2-6H2,1H3/t7-,8+/m1/s1. The lowest BCUT2D eigenvalue weighted by Crippen LogP contribution is -2.41. The van der Waals surface area contributed by atoms with Gasteiger partial charge in [-0.05, 0) is 18.9 Å². The van der Waals surface area contributed by atoms with Gasteiger partial charge in [0.2, 0.25) is 0 Å². The smallest absolute Gasteiger partial charge is 0.115 e. The Morgan fingerprint density at radius 3 is 2.91 bits per heavy atom. The monoisotopic (exact) mass is 161 g/mol. The Balaban J connectivity index is 2.28. The van der Waals surface area contributed by atoms with Crippen molar-refractivity contribution < 1.29 is 9.50 Å². The molecule has 1 aliphatic rings. The minimum Gasteiger partial charge on any atom is -0.395 e. The molecular weight excluding hydrogens is 145 g/mol. The number of hydrogen-bond acceptors (Lipinski definition) is 2. The van der Waals surface area contributed by atoms with Gasteiger partial charge in [0.25, 0.3) is 0 Å². The van der Waals surface area contributed by atoms with Crippen LogP contribution in [-0.4, -0.2) is 42.4 Å². The number of alkyl halides is 1. The molecule has 0 spiro atoms. The fraction of sp³-hybridized carbons (Fsp3) is 1.00. The molecule has 1 heterocycles. The van der Waals surface area contributed by atoms with E-state index in [-0.39, 0.29) is 12.5 Å². The van der Waals surface area contributed by atoms with Gasteiger partial charge in [0, 0.05) is 13.1 Å². The second kappa shape index (κ2) is 4.02. The van der Waals surface area contributed by atoms with E-state index in [1.165, 1.54) is 0 Å². The third kappa shape index (κ3) is 2.42. The van der Waals surface area contributed by atoms with Crippen molar-refractivity contribution in [3.8, 4) is 0 Å². The van der Waals surface area contributed by atoms with Gasteiger partial charge in [-0.2, -0.15) is 0 Å². The minimum atomic E-state index is -0.699. The lowest BCUT2D eigenvalue weighted by atomic mass is 9.97. The SMILES string of the molecule is C[C@@H]1CCN(CCO)C[C@@H]1F. The lowest BCUT2D eigenvalue weighted by Gasteiger charge is -2.32. The molecule has 2 nitrogen and oxygen atoms in total. The maximum absolute atomic E-state index is 13.0. The van der Waals surface area contributed by atoms with Crippen molar-refractivity contribution in [2.24, 2.45) is 5.92 Å². The van der Waals surface area contributed by atoms with Crippen molar-refractivity contribution in [2.45, 2.75) is 19.5 Å². The molecule has 1 saturated heterocycles. The molecule has 0 aromatic carbocycles. The highest BCUT2D eigenvalue weighted by molar-refractivity contribution is 4.77. The molecule has 0 aromatic heterocycles. The summed E-state index contributed by atoms with van der Waals surface area (Å²) in [5.74, 6) is 0.199. The van der Waals surface area contributed by atoms with E-state index in [4.69, 9.17) is 5.11 Å². The molecule has 1 aliphatic heterocycles. The average Bonchev–Trinajstić information content (AvgIpc) is 1.98. The third-order valence-corrected chi connectivity index (χ3v) is 2.37. The van der Waals surface area contributed by atoms with Gasteiger partial charge in [-0.25, -0.2) is 4.39 Å². The Bertz CT molecular complexity index is 121. The first kappa shape index (κ1) is 8.94. The first-order chi connectivity index (χ1) is 5.24. The number of halogens is 1. The molecule has 1 N–H and O–H groups in total. The molecule has 0 radical (unpaired) electrons. The fourth-order valence-electron chi connectivity index (χ4n) is 1.43. The molecule has 0 aliphatic carbocycles. The topological polar surface area (TPSA) is 23.5 Å². The summed E-state index contributed by atoms with van der Waals surface area (Å²) in [7, 11) is 0. The van der Waals surface area contributed by atoms with Gasteiger partial charge in [0.05, 0.1) is 6.61 Å². The Kier molecular flexibility index (Phi) is 3.27. The molecule has 66 valence electrons. The van der Waals surface area contributed by atoms with Crippen molar-refractivity contribution in [3.05, 3.63) is 0 Å². The van der Waals surface area contributed by atoms with E-state index in [1.54, 1.807) is 0 Å². The van der Waals surface area contributed by atoms with Crippen molar-refractivity contribution in [2.75, 3.05) is 26.2 Å². The Labute approximate surface area is 67.0 Å². The number of nitrogens with zero attached hydrogens (tertiary/aromatic N) is 1. The third-order valence-electron chi connectivity index (χ3n) is 2.37. The van der Waals surface area contributed by atoms with Crippen LogP contribution in [0.2, 0.25) is 0 Å². The molecule has 1 rings (SSSR count). The highest BCUT2D eigenvalue weighted by Crippen LogP contribution is 2.18. The van der Waals surface area contributed by atoms with Crippen LogP contribution in [-0.2, 0) is 0 Å². The lowest BCUT2D eigenvalue weighted by molar-refractivity contribution is 0.0796. The van der Waals surface area contributed by atoms with Gasteiger partial charge in [-0.15, -0.1) is 0 Å². The zero-order chi connectivity index (χ0) is 8.27. The number of piperidine rings is 1. The molecular formula is C8H16FNO. The quantitative estimate of drug-likeness (QED) is 0.643. The highest BCUT2D eigenvalue weighted by atomic mass is 19.1. The van der Waals surface area contributed by atoms with Gasteiger partial charge < -0.3 is 5.11 Å². The van der Waals surface area contributed by atoms with E-state index >= 15 is 0 Å². The van der Waals surface area contributed by atoms with Crippen LogP contribution in [0, 0.1) is 5.92 Å². The number of β-amino-alcohol motifs (C(OH)–C–C–N with tert-alkyl or cyclic N) is 1. The summed E-state index contributed by atoms with van der Waals surface area (Å²) in [6.45, 7) is 4.14. The molecule has 0 unspecified atom stereocenters. The van der Waals surface area contributed by atoms with Crippen LogP contribution in [0.25, 0.3) is 0 Å². The maximum atomic E-state index is 13.0. The van der Waals surface area contributed by atoms with Crippen LogP contribution in [0.15, 0.2) is 0 Å². The molecule has 1 fully saturated rings. The van der Waals surface area contributed by atoms with E-state index < -0.39 is 6.17 Å². The van der Waals surface area contributed by atoms with E-state index in [0.717, 1.165) is 13.0 Å². The largest absolute Gasteiger partial charge is 0.395 e. The van der Waals surface area contributed by atoms with E-state index in [1.807, 2.05) is 11.8 Å². The van der Waals surface area contributed by atoms with Crippen molar-refractivity contribution in [1.29, 1.82) is 0 Å². The number of hydrogen-bond donors (Lipinski definition) is 1. The van der Waals surface area contributed by atoms with Crippen LogP contribution < -0.4 is 0 Å². The minimum absolute atomic E-state index is 0.140. The first-order valence-electron chi connectivity index (χ1n) is 4.21. The summed E-state index contributed by atoms with van der Waals surface area (Å²) >= 11 is 0. The summed E-state index contributed by atoms with van der Waals surface area (Å²) in [6.07, 6.45) is 0.219.